The molecule has 0 fully saturated rings. The maximum atomic E-state index is 12.7. The van der Waals surface area contributed by atoms with Crippen LogP contribution >= 0.6 is 0 Å². The molecule has 0 bridgehead atoms. The molecule has 0 aromatic heterocycles. The van der Waals surface area contributed by atoms with Crippen LogP contribution in [-0.4, -0.2) is 26.8 Å². The summed E-state index contributed by atoms with van der Waals surface area (Å²) in [6, 6.07) is 19.3. The summed E-state index contributed by atoms with van der Waals surface area (Å²) >= 11 is 0. The molecule has 1 heterocycles. The predicted molar refractivity (Wildman–Crippen MR) is 128 cm³/mol. The average molecular weight is 472 g/mol. The molecule has 0 spiro atoms. The molecule has 1 aliphatic heterocycles. The first kappa shape index (κ1) is 23.5. The van der Waals surface area contributed by atoms with Crippen LogP contribution in [-0.2, 0) is 0 Å². The third kappa shape index (κ3) is 4.70. The normalized spacial score (nSPS) is 14.3. The molecule has 3 aromatic rings. The highest BCUT2D eigenvalue weighted by atomic mass is 16.5. The Morgan fingerprint density at radius 3 is 2.54 bits per heavy atom. The summed E-state index contributed by atoms with van der Waals surface area (Å²) < 4.78 is 27.5. The number of esters is 1. The molecule has 8 nitrogen and oxygen atoms in total. The Balaban J connectivity index is 1.67. The Hall–Kier alpha value is -4.64. The highest BCUT2D eigenvalue weighted by Crippen LogP contribution is 2.45. The monoisotopic (exact) mass is 472 g/mol. The molecule has 35 heavy (non-hydrogen) atoms. The molecule has 1 atom stereocenters. The lowest BCUT2D eigenvalue weighted by Gasteiger charge is -2.27. The van der Waals surface area contributed by atoms with E-state index in [1.54, 1.807) is 68.8 Å². The number of carbonyl (C=O) groups is 1. The molecular weight excluding hydrogens is 448 g/mol. The van der Waals surface area contributed by atoms with E-state index in [0.717, 1.165) is 5.56 Å². The van der Waals surface area contributed by atoms with Crippen molar-refractivity contribution in [1.29, 1.82) is 5.26 Å². The fourth-order valence-corrected chi connectivity index (χ4v) is 3.92. The van der Waals surface area contributed by atoms with Crippen LogP contribution in [0.2, 0.25) is 0 Å². The van der Waals surface area contributed by atoms with E-state index in [4.69, 9.17) is 29.4 Å². The van der Waals surface area contributed by atoms with Gasteiger partial charge in [-0.2, -0.15) is 5.26 Å². The lowest BCUT2D eigenvalue weighted by atomic mass is 9.83. The average Bonchev–Trinajstić information content (AvgIpc) is 2.87. The molecule has 3 aromatic carbocycles. The van der Waals surface area contributed by atoms with Gasteiger partial charge in [0.2, 0.25) is 5.88 Å². The van der Waals surface area contributed by atoms with Crippen LogP contribution in [0.1, 0.15) is 34.3 Å². The fraction of sp³-hybridized carbons (Fsp3) is 0.185. The Morgan fingerprint density at radius 2 is 1.83 bits per heavy atom. The highest BCUT2D eigenvalue weighted by molar-refractivity contribution is 5.91. The molecule has 0 saturated heterocycles. The van der Waals surface area contributed by atoms with Crippen molar-refractivity contribution in [3.8, 4) is 34.8 Å². The first-order valence-electron chi connectivity index (χ1n) is 10.9. The standard InChI is InChI=1S/C27H24N2O6/c1-4-33-18-7-5-6-17(12-18)27(30)34-19-9-10-20-23(14-19)35-26(29)21(15-28)25(20)16-8-11-22(31-2)24(13-16)32-3/h5-14,25H,4,29H2,1-3H3. The Kier molecular flexibility index (Phi) is 6.78. The van der Waals surface area contributed by atoms with Crippen LogP contribution in [0, 0.1) is 11.3 Å². The number of allylic oxidation sites excluding steroid dienone is 1. The highest BCUT2D eigenvalue weighted by Gasteiger charge is 2.31. The second-order valence-corrected chi connectivity index (χ2v) is 7.59. The summed E-state index contributed by atoms with van der Waals surface area (Å²) in [5, 5.41) is 9.80. The Bertz CT molecular complexity index is 1340. The summed E-state index contributed by atoms with van der Waals surface area (Å²) in [5.74, 6) is 1.26. The van der Waals surface area contributed by atoms with E-state index in [2.05, 4.69) is 6.07 Å². The van der Waals surface area contributed by atoms with Gasteiger partial charge in [-0.3, -0.25) is 0 Å². The van der Waals surface area contributed by atoms with Crippen LogP contribution in [0.15, 0.2) is 72.1 Å². The predicted octanol–water partition coefficient (Wildman–Crippen LogP) is 4.54. The van der Waals surface area contributed by atoms with E-state index in [9.17, 15) is 10.1 Å². The third-order valence-corrected chi connectivity index (χ3v) is 5.52. The van der Waals surface area contributed by atoms with Crippen molar-refractivity contribution >= 4 is 5.97 Å². The number of rotatable bonds is 7. The van der Waals surface area contributed by atoms with Crippen molar-refractivity contribution in [2.45, 2.75) is 12.8 Å². The fourth-order valence-electron chi connectivity index (χ4n) is 3.92. The Labute approximate surface area is 203 Å². The summed E-state index contributed by atoms with van der Waals surface area (Å²) in [4.78, 5) is 12.7. The van der Waals surface area contributed by atoms with Crippen LogP contribution in [0.4, 0.5) is 0 Å². The number of nitriles is 1. The molecule has 4 rings (SSSR count). The number of methoxy groups -OCH3 is 2. The number of nitrogens with zero attached hydrogens (tertiary/aromatic N) is 1. The van der Waals surface area contributed by atoms with E-state index < -0.39 is 11.9 Å². The summed E-state index contributed by atoms with van der Waals surface area (Å²) in [6.45, 7) is 2.35. The van der Waals surface area contributed by atoms with Gasteiger partial charge < -0.3 is 29.4 Å². The minimum Gasteiger partial charge on any atom is -0.494 e. The first-order valence-corrected chi connectivity index (χ1v) is 10.9. The zero-order chi connectivity index (χ0) is 24.9. The molecule has 178 valence electrons. The Morgan fingerprint density at radius 1 is 1.03 bits per heavy atom. The van der Waals surface area contributed by atoms with Gasteiger partial charge in [0.1, 0.15) is 28.9 Å². The van der Waals surface area contributed by atoms with Crippen LogP contribution in [0.3, 0.4) is 0 Å². The van der Waals surface area contributed by atoms with Gasteiger partial charge in [0.15, 0.2) is 11.5 Å². The van der Waals surface area contributed by atoms with Crippen LogP contribution in [0.5, 0.6) is 28.7 Å². The van der Waals surface area contributed by atoms with E-state index in [1.165, 1.54) is 0 Å². The van der Waals surface area contributed by atoms with Crippen LogP contribution in [0.25, 0.3) is 0 Å². The smallest absolute Gasteiger partial charge is 0.343 e. The van der Waals surface area contributed by atoms with Gasteiger partial charge >= 0.3 is 5.97 Å². The minimum absolute atomic E-state index is 0.0207. The lowest BCUT2D eigenvalue weighted by Crippen LogP contribution is -2.21. The molecule has 8 heteroatoms. The van der Waals surface area contributed by atoms with E-state index in [1.807, 2.05) is 13.0 Å². The van der Waals surface area contributed by atoms with Crippen molar-refractivity contribution < 1.29 is 28.5 Å². The van der Waals surface area contributed by atoms with Crippen molar-refractivity contribution in [2.24, 2.45) is 5.73 Å². The van der Waals surface area contributed by atoms with Gasteiger partial charge in [0.05, 0.1) is 32.3 Å². The largest absolute Gasteiger partial charge is 0.494 e. The number of hydrogen-bond acceptors (Lipinski definition) is 8. The topological polar surface area (TPSA) is 113 Å². The van der Waals surface area contributed by atoms with Gasteiger partial charge in [-0.25, -0.2) is 4.79 Å². The van der Waals surface area contributed by atoms with Gasteiger partial charge in [-0.1, -0.05) is 18.2 Å². The number of carbonyl (C=O) groups excluding carboxylic acids is 1. The molecule has 0 amide bonds. The summed E-state index contributed by atoms with van der Waals surface area (Å²) in [6.07, 6.45) is 0. The van der Waals surface area contributed by atoms with E-state index in [-0.39, 0.29) is 17.2 Å². The molecule has 2 N–H and O–H groups in total. The van der Waals surface area contributed by atoms with Gasteiger partial charge in [-0.15, -0.1) is 0 Å². The molecule has 0 radical (unpaired) electrons. The van der Waals surface area contributed by atoms with Gasteiger partial charge in [-0.05, 0) is 48.9 Å². The van der Waals surface area contributed by atoms with Gasteiger partial charge in [0, 0.05) is 11.6 Å². The maximum Gasteiger partial charge on any atom is 0.343 e. The maximum absolute atomic E-state index is 12.7. The minimum atomic E-state index is -0.542. The summed E-state index contributed by atoms with van der Waals surface area (Å²) in [5.41, 5.74) is 8.18. The SMILES string of the molecule is CCOc1cccc(C(=O)Oc2ccc3c(c2)OC(N)=C(C#N)C3c2ccc(OC)c(OC)c2)c1. The van der Waals surface area contributed by atoms with Gasteiger partial charge in [0.25, 0.3) is 0 Å². The lowest BCUT2D eigenvalue weighted by molar-refractivity contribution is 0.0734. The zero-order valence-corrected chi connectivity index (χ0v) is 19.5. The number of benzene rings is 3. The second-order valence-electron chi connectivity index (χ2n) is 7.59. The molecular formula is C27H24N2O6. The number of hydrogen-bond donors (Lipinski definition) is 1. The number of ether oxygens (including phenoxy) is 5. The van der Waals surface area contributed by atoms with E-state index >= 15 is 0 Å². The van der Waals surface area contributed by atoms with Crippen molar-refractivity contribution in [2.75, 3.05) is 20.8 Å². The quantitative estimate of drug-likeness (QED) is 0.394. The van der Waals surface area contributed by atoms with Crippen molar-refractivity contribution in [1.82, 2.24) is 0 Å². The van der Waals surface area contributed by atoms with E-state index in [0.29, 0.717) is 40.7 Å². The molecule has 1 unspecified atom stereocenters. The van der Waals surface area contributed by atoms with Crippen LogP contribution < -0.4 is 29.4 Å². The summed E-state index contributed by atoms with van der Waals surface area (Å²) in [7, 11) is 3.09. The molecule has 1 aliphatic rings. The first-order chi connectivity index (χ1) is 17.0. The molecule has 0 aliphatic carbocycles. The number of nitrogens with two attached hydrogens (primary N) is 1. The number of fused-ring (bicyclic) bond motifs is 1. The zero-order valence-electron chi connectivity index (χ0n) is 19.5. The van der Waals surface area contributed by atoms with Crippen molar-refractivity contribution in [3.05, 3.63) is 88.8 Å². The second kappa shape index (κ2) is 10.1. The third-order valence-electron chi connectivity index (χ3n) is 5.52. The van der Waals surface area contributed by atoms with Crippen molar-refractivity contribution in [3.63, 3.8) is 0 Å². The molecule has 0 saturated carbocycles.